The second kappa shape index (κ2) is 42.6. The minimum Gasteiger partial charge on any atom is -0.330 e. The van der Waals surface area contributed by atoms with E-state index in [-0.39, 0.29) is 22.2 Å². The van der Waals surface area contributed by atoms with E-state index in [9.17, 15) is 16.8 Å². The minimum absolute atomic E-state index is 0.0241. The highest BCUT2D eigenvalue weighted by atomic mass is 32.2. The summed E-state index contributed by atoms with van der Waals surface area (Å²) in [7, 11) is -6.78. The van der Waals surface area contributed by atoms with Gasteiger partial charge in [0.15, 0.2) is 0 Å². The summed E-state index contributed by atoms with van der Waals surface area (Å²) in [6, 6.07) is 40.3. The lowest BCUT2D eigenvalue weighted by Crippen LogP contribution is -2.58. The number of nitrogens with zero attached hydrogens (tertiary/aromatic N) is 2. The number of allylic oxidation sites excluding steroid dienone is 4. The Labute approximate surface area is 511 Å². The van der Waals surface area contributed by atoms with Crippen LogP contribution in [0.5, 0.6) is 0 Å². The number of hydrogen-bond donors (Lipinski definition) is 10. The molecule has 84 heavy (non-hydrogen) atoms. The first-order chi connectivity index (χ1) is 39.7. The Morgan fingerprint density at radius 2 is 0.881 bits per heavy atom. The van der Waals surface area contributed by atoms with Gasteiger partial charge in [-0.2, -0.15) is 34.9 Å². The predicted molar refractivity (Wildman–Crippen MR) is 358 cm³/mol. The number of nitrogens with two attached hydrogens (primary N) is 6. The van der Waals surface area contributed by atoms with Gasteiger partial charge in [-0.05, 0) is 194 Å². The zero-order valence-electron chi connectivity index (χ0n) is 53.5. The van der Waals surface area contributed by atoms with Crippen molar-refractivity contribution in [3.8, 4) is 0 Å². The first-order valence-electron chi connectivity index (χ1n) is 30.5. The molecule has 16 N–H and O–H groups in total. The molecular weight excluding hydrogens is 1090 g/mol. The van der Waals surface area contributed by atoms with Crippen LogP contribution >= 0.6 is 0 Å². The highest BCUT2D eigenvalue weighted by molar-refractivity contribution is 7.87. The maximum atomic E-state index is 12.5. The van der Waals surface area contributed by atoms with E-state index in [4.69, 9.17) is 34.4 Å². The van der Waals surface area contributed by atoms with Crippen LogP contribution in [0.2, 0.25) is 0 Å². The molecule has 4 aromatic carbocycles. The van der Waals surface area contributed by atoms with Crippen molar-refractivity contribution in [3.05, 3.63) is 167 Å². The molecule has 0 aliphatic carbocycles. The number of rotatable bonds is 26. The van der Waals surface area contributed by atoms with Crippen LogP contribution < -0.4 is 54.5 Å². The van der Waals surface area contributed by atoms with E-state index in [0.717, 1.165) is 141 Å². The van der Waals surface area contributed by atoms with Gasteiger partial charge < -0.3 is 45.0 Å². The minimum atomic E-state index is -3.42. The van der Waals surface area contributed by atoms with Crippen molar-refractivity contribution >= 4 is 20.4 Å². The van der Waals surface area contributed by atoms with Crippen LogP contribution in [0, 0.1) is 0 Å². The molecule has 4 aromatic rings. The van der Waals surface area contributed by atoms with Crippen LogP contribution in [0.15, 0.2) is 145 Å². The average molecular weight is 1210 g/mol. The lowest BCUT2D eigenvalue weighted by molar-refractivity contribution is 0.261. The van der Waals surface area contributed by atoms with Crippen molar-refractivity contribution in [2.45, 2.75) is 195 Å². The zero-order chi connectivity index (χ0) is 63.0. The topological polar surface area (TPSA) is 279 Å². The van der Waals surface area contributed by atoms with Crippen molar-refractivity contribution in [2.75, 3.05) is 52.4 Å². The fourth-order valence-electron chi connectivity index (χ4n) is 8.48. The van der Waals surface area contributed by atoms with Crippen molar-refractivity contribution in [2.24, 2.45) is 34.4 Å². The first kappa shape index (κ1) is 77.8. The third-order valence-corrected chi connectivity index (χ3v) is 18.2. The molecule has 0 aromatic heterocycles. The fraction of sp³-hybridized carbons (Fsp3) is 0.576. The van der Waals surface area contributed by atoms with Gasteiger partial charge >= 0.3 is 0 Å². The lowest BCUT2D eigenvalue weighted by Gasteiger charge is -2.39. The van der Waals surface area contributed by atoms with E-state index >= 15 is 0 Å². The van der Waals surface area contributed by atoms with Crippen LogP contribution in [0.25, 0.3) is 0 Å². The summed E-state index contributed by atoms with van der Waals surface area (Å²) in [6.45, 7) is 29.5. The van der Waals surface area contributed by atoms with E-state index < -0.39 is 20.4 Å². The number of nitrogens with one attached hydrogen (secondary N) is 4. The molecule has 476 valence electrons. The van der Waals surface area contributed by atoms with Gasteiger partial charge in [0.25, 0.3) is 20.4 Å². The molecule has 0 saturated carbocycles. The molecule has 4 atom stereocenters. The molecular formula is C66H116N12O4S2. The predicted octanol–water partition coefficient (Wildman–Crippen LogP) is 9.64. The first-order valence-corrected chi connectivity index (χ1v) is 33.4. The highest BCUT2D eigenvalue weighted by Gasteiger charge is 2.39. The van der Waals surface area contributed by atoms with E-state index in [1.807, 2.05) is 93.6 Å². The monoisotopic (exact) mass is 1200 g/mol. The lowest BCUT2D eigenvalue weighted by atomic mass is 9.92. The maximum Gasteiger partial charge on any atom is 0.280 e. The quantitative estimate of drug-likeness (QED) is 0.0208. The van der Waals surface area contributed by atoms with Crippen molar-refractivity contribution in [1.29, 1.82) is 0 Å². The molecule has 2 heterocycles. The summed E-state index contributed by atoms with van der Waals surface area (Å²) in [5, 5.41) is 6.87. The molecule has 2 fully saturated rings. The van der Waals surface area contributed by atoms with Gasteiger partial charge in [-0.3, -0.25) is 0 Å². The molecule has 0 radical (unpaired) electrons. The molecule has 16 nitrogen and oxygen atoms in total. The zero-order valence-corrected chi connectivity index (χ0v) is 55.1. The highest BCUT2D eigenvalue weighted by Crippen LogP contribution is 2.27. The van der Waals surface area contributed by atoms with Crippen molar-refractivity contribution < 1.29 is 16.8 Å². The van der Waals surface area contributed by atoms with E-state index in [0.29, 0.717) is 26.2 Å². The molecule has 2 unspecified atom stereocenters. The summed E-state index contributed by atoms with van der Waals surface area (Å²) in [5.41, 5.74) is 39.2. The largest absolute Gasteiger partial charge is 0.330 e. The molecule has 2 aliphatic heterocycles. The van der Waals surface area contributed by atoms with Gasteiger partial charge in [0.1, 0.15) is 0 Å². The van der Waals surface area contributed by atoms with Gasteiger partial charge in [0.05, 0.1) is 0 Å². The number of benzene rings is 4. The third-order valence-electron chi connectivity index (χ3n) is 14.7. The normalized spacial score (nSPS) is 19.3. The molecule has 6 rings (SSSR count). The summed E-state index contributed by atoms with van der Waals surface area (Å²) < 4.78 is 58.1. The van der Waals surface area contributed by atoms with Gasteiger partial charge in [0, 0.05) is 61.4 Å². The van der Waals surface area contributed by atoms with Crippen molar-refractivity contribution in [3.63, 3.8) is 0 Å². The van der Waals surface area contributed by atoms with Crippen LogP contribution in [0.4, 0.5) is 0 Å². The fourth-order valence-corrected chi connectivity index (χ4v) is 11.7. The molecule has 18 heteroatoms. The number of hydrogen-bond acceptors (Lipinski definition) is 12. The Kier molecular flexibility index (Phi) is 39.4. The van der Waals surface area contributed by atoms with Crippen LogP contribution in [-0.4, -0.2) is 100.0 Å². The average Bonchev–Trinajstić information content (AvgIpc) is 2.47. The van der Waals surface area contributed by atoms with Gasteiger partial charge in [0.2, 0.25) is 0 Å². The molecule has 0 spiro atoms. The molecule has 2 saturated heterocycles. The molecule has 2 aliphatic rings. The van der Waals surface area contributed by atoms with E-state index in [1.54, 1.807) is 0 Å². The Morgan fingerprint density at radius 1 is 0.536 bits per heavy atom. The van der Waals surface area contributed by atoms with E-state index in [2.05, 4.69) is 129 Å². The van der Waals surface area contributed by atoms with E-state index in [1.165, 1.54) is 30.9 Å². The van der Waals surface area contributed by atoms with Gasteiger partial charge in [-0.1, -0.05) is 158 Å². The molecule has 0 amide bonds. The third kappa shape index (κ3) is 36.7. The van der Waals surface area contributed by atoms with Gasteiger partial charge in [-0.15, -0.1) is 0 Å². The Morgan fingerprint density at radius 3 is 1.21 bits per heavy atom. The van der Waals surface area contributed by atoms with Crippen LogP contribution in [0.3, 0.4) is 0 Å². The Hall–Kier alpha value is -4.22. The summed E-state index contributed by atoms with van der Waals surface area (Å²) in [4.78, 5) is 0. The summed E-state index contributed by atoms with van der Waals surface area (Å²) >= 11 is 0. The molecule has 0 bridgehead atoms. The second-order valence-electron chi connectivity index (χ2n) is 23.8. The SMILES string of the molecule is CC(C)=CCC[C@@]1(C)CCN(Cc2ccccc2)S(=O)(=O)N1.CC(C)=CCC[C@](C)(N)CCNCc1ccccc1.CCC(C)(N)CCNCc1ccccc1.CCC1(C)CCN(Cc2ccccc2)S(=O)(=O)N1.NCCCN.NCCCN. The summed E-state index contributed by atoms with van der Waals surface area (Å²) in [5.74, 6) is 0. The maximum absolute atomic E-state index is 12.5. The Bertz CT molecular complexity index is 2560. The smallest absolute Gasteiger partial charge is 0.280 e. The van der Waals surface area contributed by atoms with Gasteiger partial charge in [-0.25, -0.2) is 0 Å². The van der Waals surface area contributed by atoms with Crippen molar-refractivity contribution in [1.82, 2.24) is 28.7 Å². The second-order valence-corrected chi connectivity index (χ2v) is 27.2. The van der Waals surface area contributed by atoms with Crippen LogP contribution in [0.1, 0.15) is 169 Å². The van der Waals surface area contributed by atoms with Crippen LogP contribution in [-0.2, 0) is 46.6 Å². The Balaban J connectivity index is 0.000000533. The summed E-state index contributed by atoms with van der Waals surface area (Å²) in [6.07, 6.45) is 15.7. The standard InChI is InChI=1S/C17H26N2O2S.C17H28N2.C13H20N2O2S.C13H22N2.2C3H10N2/c1-15(2)8-7-11-17(3)12-13-19(22(20,21)18-17)14-16-9-5-4-6-10-16;1-15(2)8-7-11-17(3,18)12-13-19-14-16-9-5-4-6-10-16;1-3-13(2)9-10-15(18(16,17)14-13)11-12-7-5-4-6-8-12;1-3-13(2,14)9-10-15-11-12-7-5-4-6-8-12;2*4-2-1-3-5/h4-6,8-10,18H,7,11-14H2,1-3H3;4-6,8-10,19H,7,11-14,18H2,1-3H3;4-8,14H,3,9-11H2,1-2H3;4-8,15H,3,9-11,14H2,1-2H3;2*1-5H2/t2*17-;;;;/m00..../s1.